The molecule has 0 spiro atoms. The molecule has 0 N–H and O–H groups in total. The second-order valence-electron chi connectivity index (χ2n) is 19.2. The van der Waals surface area contributed by atoms with Gasteiger partial charge in [0.2, 0.25) is 0 Å². The standard InChI is InChI=1S/2C28H58O.2Na.H2O4S/c2*1-3-5-7-9-11-13-15-17-19-21-23-25-27-29-28-26-24-22-20-18-16-14-12-10-8-6-4-2;;;1-5(2,3)4/h2*3-28H2,1-2H3;;;(H2,1,2,3,4)/q;;2*+1;/p-2. The van der Waals surface area contributed by atoms with Crippen molar-refractivity contribution in [3.05, 3.63) is 0 Å². The van der Waals surface area contributed by atoms with Gasteiger partial charge in [0, 0.05) is 36.8 Å². The molecule has 0 amide bonds. The van der Waals surface area contributed by atoms with Gasteiger partial charge in [-0.05, 0) is 25.7 Å². The fourth-order valence-electron chi connectivity index (χ4n) is 8.38. The zero-order valence-corrected chi connectivity index (χ0v) is 50.4. The second-order valence-corrected chi connectivity index (χ2v) is 20.0. The van der Waals surface area contributed by atoms with Crippen LogP contribution in [-0.4, -0.2) is 44.0 Å². The van der Waals surface area contributed by atoms with Crippen LogP contribution in [0.4, 0.5) is 0 Å². The van der Waals surface area contributed by atoms with E-state index in [0.717, 1.165) is 26.4 Å². The first-order valence-corrected chi connectivity index (χ1v) is 30.0. The Labute approximate surface area is 455 Å². The molecule has 0 radical (unpaired) electrons. The molecule has 65 heavy (non-hydrogen) atoms. The van der Waals surface area contributed by atoms with Crippen LogP contribution in [0.15, 0.2) is 0 Å². The molecule has 0 bridgehead atoms. The number of hydrogen-bond donors (Lipinski definition) is 0. The predicted octanol–water partition coefficient (Wildman–Crippen LogP) is 13.5. The average molecular weight is 964 g/mol. The van der Waals surface area contributed by atoms with E-state index < -0.39 is 10.4 Å². The molecular formula is C56H116Na2O6S. The summed E-state index contributed by atoms with van der Waals surface area (Å²) in [6.45, 7) is 13.2. The van der Waals surface area contributed by atoms with Gasteiger partial charge in [-0.1, -0.05) is 310 Å². The summed E-state index contributed by atoms with van der Waals surface area (Å²) in [7, 11) is -5.17. The molecule has 0 aliphatic carbocycles. The molecule has 0 aliphatic rings. The van der Waals surface area contributed by atoms with E-state index >= 15 is 0 Å². The van der Waals surface area contributed by atoms with Crippen LogP contribution in [0.25, 0.3) is 0 Å². The maximum atomic E-state index is 8.52. The number of ether oxygens (including phenoxy) is 2. The summed E-state index contributed by atoms with van der Waals surface area (Å²) >= 11 is 0. The Hall–Kier alpha value is 1.79. The monoisotopic (exact) mass is 963 g/mol. The summed E-state index contributed by atoms with van der Waals surface area (Å²) in [5, 5.41) is 0. The van der Waals surface area contributed by atoms with E-state index in [2.05, 4.69) is 27.7 Å². The Bertz CT molecular complexity index is 752. The van der Waals surface area contributed by atoms with Crippen LogP contribution in [0.2, 0.25) is 0 Å². The third-order valence-electron chi connectivity index (χ3n) is 12.6. The number of rotatable bonds is 52. The first-order valence-electron chi connectivity index (χ1n) is 28.6. The Morgan fingerprint density at radius 2 is 0.323 bits per heavy atom. The third-order valence-corrected chi connectivity index (χ3v) is 12.6. The van der Waals surface area contributed by atoms with Gasteiger partial charge in [-0.3, -0.25) is 8.42 Å². The topological polar surface area (TPSA) is 98.7 Å². The van der Waals surface area contributed by atoms with E-state index in [4.69, 9.17) is 27.0 Å². The van der Waals surface area contributed by atoms with Crippen molar-refractivity contribution >= 4 is 10.4 Å². The Balaban J connectivity index is -0.000000324. The fourth-order valence-corrected chi connectivity index (χ4v) is 8.38. The largest absolute Gasteiger partial charge is 1.00 e. The SMILES string of the molecule is CCCCCCCCCCCCCCOCCCCCCCCCCCCCC.CCCCCCCCCCCCCCOCCCCCCCCCCCCCC.O=S(=O)([O-])[O-].[Na+].[Na+]. The van der Waals surface area contributed by atoms with Gasteiger partial charge in [0.15, 0.2) is 0 Å². The van der Waals surface area contributed by atoms with Crippen LogP contribution < -0.4 is 59.1 Å². The van der Waals surface area contributed by atoms with Gasteiger partial charge in [-0.15, -0.1) is 0 Å². The summed E-state index contributed by atoms with van der Waals surface area (Å²) in [6, 6.07) is 0. The van der Waals surface area contributed by atoms with E-state index in [1.54, 1.807) is 0 Å². The molecule has 0 rings (SSSR count). The average Bonchev–Trinajstić information content (AvgIpc) is 3.26. The minimum atomic E-state index is -5.17. The first-order chi connectivity index (χ1) is 30.8. The molecule has 0 aromatic carbocycles. The first kappa shape index (κ1) is 75.7. The van der Waals surface area contributed by atoms with Crippen LogP contribution in [-0.2, 0) is 19.9 Å². The molecule has 6 nitrogen and oxygen atoms in total. The van der Waals surface area contributed by atoms with Crippen LogP contribution in [0.5, 0.6) is 0 Å². The Morgan fingerprint density at radius 1 is 0.231 bits per heavy atom. The normalized spacial score (nSPS) is 11.0. The molecule has 0 fully saturated rings. The van der Waals surface area contributed by atoms with Crippen LogP contribution in [0.3, 0.4) is 0 Å². The zero-order chi connectivity index (χ0) is 46.7. The van der Waals surface area contributed by atoms with Crippen molar-refractivity contribution in [1.29, 1.82) is 0 Å². The van der Waals surface area contributed by atoms with Crippen molar-refractivity contribution in [3.63, 3.8) is 0 Å². The molecular weight excluding hydrogens is 847 g/mol. The molecule has 0 aliphatic heterocycles. The maximum Gasteiger partial charge on any atom is 1.00 e. The summed E-state index contributed by atoms with van der Waals surface area (Å²) < 4.78 is 45.7. The van der Waals surface area contributed by atoms with Crippen molar-refractivity contribution in [1.82, 2.24) is 0 Å². The van der Waals surface area contributed by atoms with Crippen LogP contribution in [0.1, 0.15) is 336 Å². The molecule has 9 heteroatoms. The summed E-state index contributed by atoms with van der Waals surface area (Å²) in [6.07, 6.45) is 68.2. The minimum Gasteiger partial charge on any atom is -0.759 e. The van der Waals surface area contributed by atoms with Crippen molar-refractivity contribution in [3.8, 4) is 0 Å². The van der Waals surface area contributed by atoms with E-state index in [9.17, 15) is 0 Å². The molecule has 0 heterocycles. The van der Waals surface area contributed by atoms with Crippen LogP contribution >= 0.6 is 0 Å². The third kappa shape index (κ3) is 92.5. The van der Waals surface area contributed by atoms with Crippen LogP contribution in [0, 0.1) is 0 Å². The molecule has 0 saturated heterocycles. The molecule has 0 saturated carbocycles. The predicted molar refractivity (Wildman–Crippen MR) is 276 cm³/mol. The summed E-state index contributed by atoms with van der Waals surface area (Å²) in [5.41, 5.74) is 0. The van der Waals surface area contributed by atoms with Gasteiger partial charge < -0.3 is 18.6 Å². The molecule has 0 atom stereocenters. The van der Waals surface area contributed by atoms with E-state index in [0.29, 0.717) is 0 Å². The molecule has 0 aromatic heterocycles. The fraction of sp³-hybridized carbons (Fsp3) is 1.00. The van der Waals surface area contributed by atoms with Crippen molar-refractivity contribution in [2.45, 2.75) is 336 Å². The smallest absolute Gasteiger partial charge is 0.759 e. The number of unbranched alkanes of at least 4 members (excludes halogenated alkanes) is 44. The van der Waals surface area contributed by atoms with Gasteiger partial charge in [0.25, 0.3) is 0 Å². The molecule has 384 valence electrons. The zero-order valence-electron chi connectivity index (χ0n) is 45.6. The maximum absolute atomic E-state index is 8.52. The van der Waals surface area contributed by atoms with E-state index in [-0.39, 0.29) is 59.1 Å². The van der Waals surface area contributed by atoms with Gasteiger partial charge in [-0.2, -0.15) is 0 Å². The van der Waals surface area contributed by atoms with E-state index in [1.807, 2.05) is 0 Å². The summed E-state index contributed by atoms with van der Waals surface area (Å²) in [4.78, 5) is 0. The molecule has 0 unspecified atom stereocenters. The van der Waals surface area contributed by atoms with Gasteiger partial charge in [0.05, 0.1) is 0 Å². The second kappa shape index (κ2) is 72.3. The summed E-state index contributed by atoms with van der Waals surface area (Å²) in [5.74, 6) is 0. The quantitative estimate of drug-likeness (QED) is 0.0261. The Kier molecular flexibility index (Phi) is 84.3. The Morgan fingerprint density at radius 3 is 0.431 bits per heavy atom. The van der Waals surface area contributed by atoms with Crippen molar-refractivity contribution in [2.24, 2.45) is 0 Å². The molecule has 0 aromatic rings. The minimum absolute atomic E-state index is 0. The van der Waals surface area contributed by atoms with Gasteiger partial charge in [-0.25, -0.2) is 0 Å². The van der Waals surface area contributed by atoms with Crippen molar-refractivity contribution in [2.75, 3.05) is 26.4 Å². The number of hydrogen-bond acceptors (Lipinski definition) is 6. The van der Waals surface area contributed by atoms with Gasteiger partial charge in [0.1, 0.15) is 0 Å². The van der Waals surface area contributed by atoms with E-state index in [1.165, 1.54) is 308 Å². The van der Waals surface area contributed by atoms with Gasteiger partial charge >= 0.3 is 59.1 Å². The van der Waals surface area contributed by atoms with Crippen molar-refractivity contribution < 1.29 is 86.1 Å².